The van der Waals surface area contributed by atoms with E-state index in [4.69, 9.17) is 23.2 Å². The van der Waals surface area contributed by atoms with Crippen LogP contribution < -0.4 is 10.6 Å². The van der Waals surface area contributed by atoms with Crippen LogP contribution >= 0.6 is 23.2 Å². The number of hydrogen-bond acceptors (Lipinski definition) is 4. The summed E-state index contributed by atoms with van der Waals surface area (Å²) in [6.07, 6.45) is -4.65. The first-order valence-electron chi connectivity index (χ1n) is 8.62. The number of aromatic amines is 1. The van der Waals surface area contributed by atoms with E-state index in [1.54, 1.807) is 6.92 Å². The number of aromatic nitrogens is 4. The van der Waals surface area contributed by atoms with Gasteiger partial charge in [-0.1, -0.05) is 23.2 Å². The van der Waals surface area contributed by atoms with Crippen LogP contribution in [0.15, 0.2) is 18.2 Å². The molecule has 0 aliphatic rings. The fourth-order valence-electron chi connectivity index (χ4n) is 2.77. The maximum Gasteiger partial charge on any atom is 0.435 e. The summed E-state index contributed by atoms with van der Waals surface area (Å²) in [7, 11) is 0. The molecule has 3 N–H and O–H groups in total. The number of amides is 2. The molecule has 31 heavy (non-hydrogen) atoms. The van der Waals surface area contributed by atoms with Crippen LogP contribution in [0.25, 0.3) is 11.3 Å². The summed E-state index contributed by atoms with van der Waals surface area (Å²) in [5, 5.41) is 17.8. The molecule has 3 rings (SSSR count). The van der Waals surface area contributed by atoms with Gasteiger partial charge < -0.3 is 10.6 Å². The van der Waals surface area contributed by atoms with Gasteiger partial charge >= 0.3 is 12.2 Å². The lowest BCUT2D eigenvalue weighted by Crippen LogP contribution is -2.28. The van der Waals surface area contributed by atoms with Crippen LogP contribution in [0.2, 0.25) is 10.0 Å². The second-order valence-electron chi connectivity index (χ2n) is 6.50. The third-order valence-corrected chi connectivity index (χ3v) is 4.71. The van der Waals surface area contributed by atoms with E-state index in [-0.39, 0.29) is 39.2 Å². The molecule has 0 aliphatic carbocycles. The summed E-state index contributed by atoms with van der Waals surface area (Å²) in [6.45, 7) is 2.95. The average Bonchev–Trinajstić information content (AvgIpc) is 3.06. The van der Waals surface area contributed by atoms with E-state index in [1.165, 1.54) is 25.1 Å². The molecule has 0 radical (unpaired) electrons. The van der Waals surface area contributed by atoms with Crippen molar-refractivity contribution >= 4 is 34.9 Å². The van der Waals surface area contributed by atoms with Gasteiger partial charge in [0.05, 0.1) is 33.5 Å². The van der Waals surface area contributed by atoms with Crippen molar-refractivity contribution in [3.8, 4) is 11.3 Å². The van der Waals surface area contributed by atoms with Gasteiger partial charge in [-0.15, -0.1) is 5.10 Å². The van der Waals surface area contributed by atoms with Gasteiger partial charge in [0, 0.05) is 11.4 Å². The number of nitrogens with zero attached hydrogens (tertiary/aromatic N) is 3. The summed E-state index contributed by atoms with van der Waals surface area (Å²) < 4.78 is 53.0. The molecule has 0 bridgehead atoms. The lowest BCUT2D eigenvalue weighted by atomic mass is 10.0. The van der Waals surface area contributed by atoms with Crippen LogP contribution in [0.5, 0.6) is 0 Å². The Labute approximate surface area is 183 Å². The van der Waals surface area contributed by atoms with Crippen molar-refractivity contribution in [3.63, 3.8) is 0 Å². The number of hydrogen-bond donors (Lipinski definition) is 3. The predicted molar refractivity (Wildman–Crippen MR) is 106 cm³/mol. The predicted octanol–water partition coefficient (Wildman–Crippen LogP) is 5.27. The van der Waals surface area contributed by atoms with Crippen LogP contribution in [0.4, 0.5) is 28.0 Å². The first kappa shape index (κ1) is 22.8. The Balaban J connectivity index is 1.72. The number of H-pyrrole nitrogens is 1. The quantitative estimate of drug-likeness (QED) is 0.353. The van der Waals surface area contributed by atoms with E-state index in [2.05, 4.69) is 31.0 Å². The zero-order chi connectivity index (χ0) is 22.9. The lowest BCUT2D eigenvalue weighted by Gasteiger charge is -2.11. The Morgan fingerprint density at radius 1 is 1.13 bits per heavy atom. The Kier molecular flexibility index (Phi) is 6.37. The summed E-state index contributed by atoms with van der Waals surface area (Å²) in [6, 6.07) is 3.22. The number of carbonyl (C=O) groups is 1. The largest absolute Gasteiger partial charge is 0.435 e. The third-order valence-electron chi connectivity index (χ3n) is 4.16. The van der Waals surface area contributed by atoms with Crippen molar-refractivity contribution in [1.82, 2.24) is 25.7 Å². The molecule has 0 aliphatic heterocycles. The number of alkyl halides is 3. The monoisotopic (exact) mass is 476 g/mol. The highest BCUT2D eigenvalue weighted by atomic mass is 35.5. The molecule has 2 heterocycles. The van der Waals surface area contributed by atoms with E-state index >= 15 is 0 Å². The third kappa shape index (κ3) is 5.05. The fourth-order valence-corrected chi connectivity index (χ4v) is 3.26. The number of benzene rings is 1. The molecule has 0 atom stereocenters. The number of aryl methyl sites for hydroxylation is 2. The molecule has 0 saturated heterocycles. The zero-order valence-corrected chi connectivity index (χ0v) is 17.5. The minimum atomic E-state index is -4.65. The molecule has 2 aromatic heterocycles. The van der Waals surface area contributed by atoms with Crippen molar-refractivity contribution in [2.75, 3.05) is 5.32 Å². The standard InChI is InChI=1S/C18H14Cl2F4N6O/c1-7-3-10(6-25-17(31)26-9-4-11(19)14(21)12(20)5-9)28-29-15(7)13-8(2)27-30-16(13)18(22,23)24/h3-5H,6H2,1-2H3,(H,27,30)(H2,25,26,31). The van der Waals surface area contributed by atoms with Gasteiger partial charge in [-0.3, -0.25) is 5.10 Å². The number of nitrogens with one attached hydrogen (secondary N) is 3. The Morgan fingerprint density at radius 3 is 2.35 bits per heavy atom. The number of halogens is 6. The van der Waals surface area contributed by atoms with Gasteiger partial charge in [0.25, 0.3) is 0 Å². The van der Waals surface area contributed by atoms with E-state index < -0.39 is 23.7 Å². The normalized spacial score (nSPS) is 11.5. The minimum Gasteiger partial charge on any atom is -0.332 e. The van der Waals surface area contributed by atoms with Gasteiger partial charge in [0.15, 0.2) is 11.5 Å². The highest BCUT2D eigenvalue weighted by molar-refractivity contribution is 6.35. The molecule has 0 unspecified atom stereocenters. The minimum absolute atomic E-state index is 0.0300. The molecule has 0 fully saturated rings. The summed E-state index contributed by atoms with van der Waals surface area (Å²) in [5.74, 6) is -0.804. The van der Waals surface area contributed by atoms with Crippen molar-refractivity contribution in [3.05, 3.63) is 56.7 Å². The lowest BCUT2D eigenvalue weighted by molar-refractivity contribution is -0.140. The van der Waals surface area contributed by atoms with Gasteiger partial charge in [-0.2, -0.15) is 23.4 Å². The number of carbonyl (C=O) groups excluding carboxylic acids is 1. The van der Waals surface area contributed by atoms with Crippen LogP contribution in [-0.2, 0) is 12.7 Å². The zero-order valence-electron chi connectivity index (χ0n) is 16.0. The maximum absolute atomic E-state index is 13.4. The van der Waals surface area contributed by atoms with Gasteiger partial charge in [-0.05, 0) is 37.6 Å². The molecular formula is C18H14Cl2F4N6O. The molecule has 3 aromatic rings. The molecule has 0 saturated carbocycles. The number of urea groups is 1. The molecular weight excluding hydrogens is 463 g/mol. The highest BCUT2D eigenvalue weighted by Crippen LogP contribution is 2.37. The molecule has 1 aromatic carbocycles. The molecule has 7 nitrogen and oxygen atoms in total. The fraction of sp³-hybridized carbons (Fsp3) is 0.222. The summed E-state index contributed by atoms with van der Waals surface area (Å²) in [4.78, 5) is 12.0. The molecule has 164 valence electrons. The smallest absolute Gasteiger partial charge is 0.332 e. The van der Waals surface area contributed by atoms with E-state index in [1.807, 2.05) is 0 Å². The molecule has 0 spiro atoms. The van der Waals surface area contributed by atoms with Crippen molar-refractivity contribution in [2.45, 2.75) is 26.6 Å². The van der Waals surface area contributed by atoms with Crippen LogP contribution in [0.3, 0.4) is 0 Å². The topological polar surface area (TPSA) is 95.6 Å². The first-order valence-corrected chi connectivity index (χ1v) is 9.38. The van der Waals surface area contributed by atoms with Crippen molar-refractivity contribution in [1.29, 1.82) is 0 Å². The number of anilines is 1. The van der Waals surface area contributed by atoms with Crippen molar-refractivity contribution in [2.24, 2.45) is 0 Å². The van der Waals surface area contributed by atoms with E-state index in [0.717, 1.165) is 0 Å². The van der Waals surface area contributed by atoms with E-state index in [0.29, 0.717) is 11.3 Å². The average molecular weight is 477 g/mol. The van der Waals surface area contributed by atoms with Crippen LogP contribution in [0.1, 0.15) is 22.6 Å². The van der Waals surface area contributed by atoms with E-state index in [9.17, 15) is 22.4 Å². The van der Waals surface area contributed by atoms with Crippen molar-refractivity contribution < 1.29 is 22.4 Å². The Bertz CT molecular complexity index is 1130. The first-order chi connectivity index (χ1) is 14.5. The SMILES string of the molecule is Cc1cc(CNC(=O)Nc2cc(Cl)c(F)c(Cl)c2)nnc1-c1c(C(F)(F)F)n[nH]c1C. The Morgan fingerprint density at radius 2 is 1.77 bits per heavy atom. The van der Waals surface area contributed by atoms with Crippen LogP contribution in [0, 0.1) is 19.7 Å². The van der Waals surface area contributed by atoms with Crippen LogP contribution in [-0.4, -0.2) is 26.4 Å². The number of rotatable bonds is 4. The summed E-state index contributed by atoms with van der Waals surface area (Å²) >= 11 is 11.3. The van der Waals surface area contributed by atoms with Gasteiger partial charge in [0.1, 0.15) is 0 Å². The Hall–Kier alpha value is -2.92. The molecule has 2 amide bonds. The second kappa shape index (κ2) is 8.67. The van der Waals surface area contributed by atoms with Gasteiger partial charge in [0.2, 0.25) is 0 Å². The highest BCUT2D eigenvalue weighted by Gasteiger charge is 2.38. The second-order valence-corrected chi connectivity index (χ2v) is 7.31. The summed E-state index contributed by atoms with van der Waals surface area (Å²) in [5.41, 5.74) is -0.139. The van der Waals surface area contributed by atoms with Gasteiger partial charge in [-0.25, -0.2) is 9.18 Å². The maximum atomic E-state index is 13.4. The molecule has 13 heteroatoms.